The van der Waals surface area contributed by atoms with Crippen LogP contribution >= 0.6 is 0 Å². The van der Waals surface area contributed by atoms with Crippen LogP contribution in [0.5, 0.6) is 5.75 Å². The van der Waals surface area contributed by atoms with Crippen molar-refractivity contribution in [1.82, 2.24) is 0 Å². The summed E-state index contributed by atoms with van der Waals surface area (Å²) in [4.78, 5) is 2.42. The van der Waals surface area contributed by atoms with E-state index in [1.54, 1.807) is 7.11 Å². The Morgan fingerprint density at radius 3 is 2.48 bits per heavy atom. The molecule has 0 saturated heterocycles. The van der Waals surface area contributed by atoms with Gasteiger partial charge in [0.05, 0.1) is 7.11 Å². The Bertz CT molecular complexity index is 451. The zero-order valence-corrected chi connectivity index (χ0v) is 13.9. The standard InChI is InChI=1S/C18H30N2O/c1-5-14-9-11-15(12-10-14)20(3)16-7-6-8-17(21-4)18(16)13(2)19/h6-8,13-15H,5,9-12,19H2,1-4H3/t13-,14?,15?/m1/s1. The Morgan fingerprint density at radius 1 is 1.29 bits per heavy atom. The predicted molar refractivity (Wildman–Crippen MR) is 90.0 cm³/mol. The zero-order chi connectivity index (χ0) is 15.4. The summed E-state index contributed by atoms with van der Waals surface area (Å²) in [7, 11) is 3.93. The van der Waals surface area contributed by atoms with Crippen molar-refractivity contribution in [3.8, 4) is 5.75 Å². The molecule has 1 aliphatic carbocycles. The lowest BCUT2D eigenvalue weighted by Gasteiger charge is -2.37. The third kappa shape index (κ3) is 3.52. The number of hydrogen-bond acceptors (Lipinski definition) is 3. The Morgan fingerprint density at radius 2 is 1.95 bits per heavy atom. The molecule has 21 heavy (non-hydrogen) atoms. The fourth-order valence-electron chi connectivity index (χ4n) is 3.61. The molecule has 2 N–H and O–H groups in total. The van der Waals surface area contributed by atoms with Crippen molar-refractivity contribution in [3.63, 3.8) is 0 Å². The number of rotatable bonds is 5. The molecule has 3 heteroatoms. The molecule has 0 aromatic heterocycles. The van der Waals surface area contributed by atoms with E-state index in [0.29, 0.717) is 6.04 Å². The van der Waals surface area contributed by atoms with Gasteiger partial charge in [0.15, 0.2) is 0 Å². The molecular weight excluding hydrogens is 260 g/mol. The Hall–Kier alpha value is -1.22. The smallest absolute Gasteiger partial charge is 0.125 e. The number of methoxy groups -OCH3 is 1. The summed E-state index contributed by atoms with van der Waals surface area (Å²) in [5.74, 6) is 1.82. The molecule has 0 unspecified atom stereocenters. The second-order valence-corrected chi connectivity index (χ2v) is 6.38. The monoisotopic (exact) mass is 290 g/mol. The van der Waals surface area contributed by atoms with Crippen LogP contribution in [0.25, 0.3) is 0 Å². The minimum atomic E-state index is -0.0226. The molecule has 1 fully saturated rings. The van der Waals surface area contributed by atoms with Gasteiger partial charge in [0, 0.05) is 30.4 Å². The molecule has 1 aromatic rings. The van der Waals surface area contributed by atoms with E-state index in [2.05, 4.69) is 31.0 Å². The highest BCUT2D eigenvalue weighted by Crippen LogP contribution is 2.37. The minimum absolute atomic E-state index is 0.0226. The maximum absolute atomic E-state index is 6.20. The lowest BCUT2D eigenvalue weighted by Crippen LogP contribution is -2.36. The van der Waals surface area contributed by atoms with E-state index in [1.165, 1.54) is 37.8 Å². The van der Waals surface area contributed by atoms with Crippen LogP contribution in [0.15, 0.2) is 18.2 Å². The predicted octanol–water partition coefficient (Wildman–Crippen LogP) is 4.12. The van der Waals surface area contributed by atoms with Crippen LogP contribution in [0.3, 0.4) is 0 Å². The summed E-state index contributed by atoms with van der Waals surface area (Å²) < 4.78 is 5.51. The van der Waals surface area contributed by atoms with Crippen LogP contribution in [0, 0.1) is 5.92 Å². The van der Waals surface area contributed by atoms with Gasteiger partial charge in [0.1, 0.15) is 5.75 Å². The van der Waals surface area contributed by atoms with Gasteiger partial charge in [0.2, 0.25) is 0 Å². The van der Waals surface area contributed by atoms with Crippen molar-refractivity contribution in [3.05, 3.63) is 23.8 Å². The minimum Gasteiger partial charge on any atom is -0.496 e. The van der Waals surface area contributed by atoms with Gasteiger partial charge in [-0.15, -0.1) is 0 Å². The molecule has 1 saturated carbocycles. The topological polar surface area (TPSA) is 38.5 Å². The van der Waals surface area contributed by atoms with Crippen molar-refractivity contribution in [1.29, 1.82) is 0 Å². The lowest BCUT2D eigenvalue weighted by atomic mass is 9.83. The van der Waals surface area contributed by atoms with E-state index in [4.69, 9.17) is 10.5 Å². The summed E-state index contributed by atoms with van der Waals surface area (Å²) in [6.45, 7) is 4.34. The number of anilines is 1. The second kappa shape index (κ2) is 7.17. The highest BCUT2D eigenvalue weighted by atomic mass is 16.5. The van der Waals surface area contributed by atoms with E-state index in [1.807, 2.05) is 13.0 Å². The Balaban J connectivity index is 2.21. The fraction of sp³-hybridized carbons (Fsp3) is 0.667. The number of nitrogens with two attached hydrogens (primary N) is 1. The molecule has 0 heterocycles. The van der Waals surface area contributed by atoms with Crippen molar-refractivity contribution in [2.45, 2.75) is 58.0 Å². The first-order valence-corrected chi connectivity index (χ1v) is 8.23. The van der Waals surface area contributed by atoms with Gasteiger partial charge in [0.25, 0.3) is 0 Å². The average Bonchev–Trinajstić information content (AvgIpc) is 2.53. The van der Waals surface area contributed by atoms with Crippen molar-refractivity contribution in [2.75, 3.05) is 19.1 Å². The number of benzene rings is 1. The Labute approximate surface area is 129 Å². The molecule has 1 aromatic carbocycles. The summed E-state index contributed by atoms with van der Waals surface area (Å²) in [5, 5.41) is 0. The largest absolute Gasteiger partial charge is 0.496 e. The first-order chi connectivity index (χ1) is 10.1. The number of nitrogens with zero attached hydrogens (tertiary/aromatic N) is 1. The maximum Gasteiger partial charge on any atom is 0.125 e. The van der Waals surface area contributed by atoms with E-state index in [0.717, 1.165) is 17.2 Å². The first-order valence-electron chi connectivity index (χ1n) is 8.23. The summed E-state index contributed by atoms with van der Waals surface area (Å²) in [6, 6.07) is 6.84. The second-order valence-electron chi connectivity index (χ2n) is 6.38. The number of hydrogen-bond donors (Lipinski definition) is 1. The molecule has 0 radical (unpaired) electrons. The van der Waals surface area contributed by atoms with E-state index < -0.39 is 0 Å². The van der Waals surface area contributed by atoms with Crippen molar-refractivity contribution in [2.24, 2.45) is 11.7 Å². The van der Waals surface area contributed by atoms with Gasteiger partial charge < -0.3 is 15.4 Å². The van der Waals surface area contributed by atoms with Gasteiger partial charge in [-0.05, 0) is 50.7 Å². The van der Waals surface area contributed by atoms with Crippen LogP contribution in [-0.2, 0) is 0 Å². The van der Waals surface area contributed by atoms with Crippen molar-refractivity contribution >= 4 is 5.69 Å². The van der Waals surface area contributed by atoms with Gasteiger partial charge >= 0.3 is 0 Å². The zero-order valence-electron chi connectivity index (χ0n) is 13.9. The van der Waals surface area contributed by atoms with Gasteiger partial charge in [-0.25, -0.2) is 0 Å². The van der Waals surface area contributed by atoms with Gasteiger partial charge in [-0.3, -0.25) is 0 Å². The molecule has 118 valence electrons. The molecule has 1 aliphatic rings. The molecule has 0 spiro atoms. The first kappa shape index (κ1) is 16.2. The van der Waals surface area contributed by atoms with Gasteiger partial charge in [-0.1, -0.05) is 19.4 Å². The van der Waals surface area contributed by atoms with Crippen LogP contribution in [0.1, 0.15) is 57.6 Å². The van der Waals surface area contributed by atoms with Crippen LogP contribution < -0.4 is 15.4 Å². The van der Waals surface area contributed by atoms with E-state index >= 15 is 0 Å². The van der Waals surface area contributed by atoms with E-state index in [-0.39, 0.29) is 6.04 Å². The van der Waals surface area contributed by atoms with Crippen molar-refractivity contribution < 1.29 is 4.74 Å². The van der Waals surface area contributed by atoms with Crippen LogP contribution in [0.4, 0.5) is 5.69 Å². The third-order valence-corrected chi connectivity index (χ3v) is 5.04. The highest BCUT2D eigenvalue weighted by Gasteiger charge is 2.25. The molecular formula is C18H30N2O. The third-order valence-electron chi connectivity index (χ3n) is 5.04. The molecule has 3 nitrogen and oxygen atoms in total. The SMILES string of the molecule is CCC1CCC(N(C)c2cccc(OC)c2[C@@H](C)N)CC1. The lowest BCUT2D eigenvalue weighted by molar-refractivity contribution is 0.313. The number of ether oxygens (including phenoxy) is 1. The quantitative estimate of drug-likeness (QED) is 0.886. The summed E-state index contributed by atoms with van der Waals surface area (Å²) in [5.41, 5.74) is 8.55. The summed E-state index contributed by atoms with van der Waals surface area (Å²) in [6.07, 6.45) is 6.59. The van der Waals surface area contributed by atoms with E-state index in [9.17, 15) is 0 Å². The normalized spacial score (nSPS) is 23.7. The van der Waals surface area contributed by atoms with Crippen LogP contribution in [-0.4, -0.2) is 20.2 Å². The molecule has 0 bridgehead atoms. The maximum atomic E-state index is 6.20. The molecule has 0 aliphatic heterocycles. The molecule has 0 amide bonds. The van der Waals surface area contributed by atoms with Crippen LogP contribution in [0.2, 0.25) is 0 Å². The summed E-state index contributed by atoms with van der Waals surface area (Å²) >= 11 is 0. The molecule has 1 atom stereocenters. The fourth-order valence-corrected chi connectivity index (χ4v) is 3.61. The molecule has 2 rings (SSSR count). The average molecular weight is 290 g/mol. The van der Waals surface area contributed by atoms with Gasteiger partial charge in [-0.2, -0.15) is 0 Å². The highest BCUT2D eigenvalue weighted by molar-refractivity contribution is 5.61. The Kier molecular flexibility index (Phi) is 5.51.